The van der Waals surface area contributed by atoms with Crippen LogP contribution in [0.25, 0.3) is 10.9 Å². The Morgan fingerprint density at radius 2 is 1.92 bits per heavy atom. The molecule has 2 aromatic carbocycles. The van der Waals surface area contributed by atoms with Crippen molar-refractivity contribution < 1.29 is 14.3 Å². The molecule has 1 atom stereocenters. The number of nitrogens with one attached hydrogen (secondary N) is 2. The number of methoxy groups -OCH3 is 1. The summed E-state index contributed by atoms with van der Waals surface area (Å²) in [5.41, 5.74) is 2.18. The molecule has 0 fully saturated rings. The van der Waals surface area contributed by atoms with Gasteiger partial charge in [-0.25, -0.2) is 0 Å². The number of hydrogen-bond acceptors (Lipinski definition) is 3. The molecule has 0 aliphatic rings. The highest BCUT2D eigenvalue weighted by molar-refractivity contribution is 6.31. The van der Waals surface area contributed by atoms with E-state index in [0.29, 0.717) is 17.1 Å². The Hall–Kier alpha value is -2.79. The quantitative estimate of drug-likeness (QED) is 0.637. The highest BCUT2D eigenvalue weighted by atomic mass is 35.5. The van der Waals surface area contributed by atoms with E-state index >= 15 is 0 Å². The number of ether oxygens (including phenoxy) is 1. The minimum Gasteiger partial charge on any atom is -0.469 e. The number of H-pyrrole nitrogens is 1. The smallest absolute Gasteiger partial charge is 0.305 e. The van der Waals surface area contributed by atoms with E-state index in [4.69, 9.17) is 16.3 Å². The van der Waals surface area contributed by atoms with Gasteiger partial charge in [-0.05, 0) is 30.2 Å². The fourth-order valence-corrected chi connectivity index (χ4v) is 3.00. The first-order chi connectivity index (χ1) is 12.6. The summed E-state index contributed by atoms with van der Waals surface area (Å²) in [7, 11) is 1.36. The molecule has 1 heterocycles. The molecule has 0 bridgehead atoms. The van der Waals surface area contributed by atoms with Crippen LogP contribution < -0.4 is 5.32 Å². The standard InChI is InChI=1S/C20H19ClN2O3/c1-26-19(24)10-9-16(13-5-3-2-4-6-13)23-20(25)18-11-14-7-8-15(21)12-17(14)22-18/h2-8,11-12,16,22H,9-10H2,1H3,(H,23,25). The molecular weight excluding hydrogens is 352 g/mol. The maximum Gasteiger partial charge on any atom is 0.305 e. The van der Waals surface area contributed by atoms with E-state index in [2.05, 4.69) is 10.3 Å². The van der Waals surface area contributed by atoms with Crippen LogP contribution in [0.5, 0.6) is 0 Å². The van der Waals surface area contributed by atoms with Crippen LogP contribution in [0.3, 0.4) is 0 Å². The maximum atomic E-state index is 12.7. The van der Waals surface area contributed by atoms with E-state index in [0.717, 1.165) is 16.5 Å². The predicted molar refractivity (Wildman–Crippen MR) is 101 cm³/mol. The van der Waals surface area contributed by atoms with Gasteiger partial charge < -0.3 is 15.0 Å². The number of esters is 1. The summed E-state index contributed by atoms with van der Waals surface area (Å²) in [6, 6.07) is 16.5. The average Bonchev–Trinajstić information content (AvgIpc) is 3.08. The summed E-state index contributed by atoms with van der Waals surface area (Å²) in [6.45, 7) is 0. The SMILES string of the molecule is COC(=O)CCC(NC(=O)c1cc2ccc(Cl)cc2[nH]1)c1ccccc1. The number of aromatic amines is 1. The Morgan fingerprint density at radius 1 is 1.15 bits per heavy atom. The zero-order valence-electron chi connectivity index (χ0n) is 14.3. The first-order valence-corrected chi connectivity index (χ1v) is 8.65. The topological polar surface area (TPSA) is 71.2 Å². The van der Waals surface area contributed by atoms with Gasteiger partial charge in [-0.3, -0.25) is 9.59 Å². The van der Waals surface area contributed by atoms with Crippen molar-refractivity contribution in [2.75, 3.05) is 7.11 Å². The van der Waals surface area contributed by atoms with Crippen molar-refractivity contribution in [3.05, 3.63) is 70.9 Å². The maximum absolute atomic E-state index is 12.7. The van der Waals surface area contributed by atoms with Gasteiger partial charge in [0.15, 0.2) is 0 Å². The zero-order valence-corrected chi connectivity index (χ0v) is 15.0. The van der Waals surface area contributed by atoms with Crippen molar-refractivity contribution >= 4 is 34.4 Å². The van der Waals surface area contributed by atoms with Crippen LogP contribution >= 0.6 is 11.6 Å². The molecule has 1 aromatic heterocycles. The van der Waals surface area contributed by atoms with Gasteiger partial charge in [0, 0.05) is 22.3 Å². The average molecular weight is 371 g/mol. The fraction of sp³-hybridized carbons (Fsp3) is 0.200. The van der Waals surface area contributed by atoms with Gasteiger partial charge in [-0.15, -0.1) is 0 Å². The molecule has 1 amide bonds. The van der Waals surface area contributed by atoms with Gasteiger partial charge in [0.05, 0.1) is 13.2 Å². The van der Waals surface area contributed by atoms with Gasteiger partial charge in [-0.2, -0.15) is 0 Å². The molecule has 134 valence electrons. The summed E-state index contributed by atoms with van der Waals surface area (Å²) in [5.74, 6) is -0.545. The number of carbonyl (C=O) groups is 2. The minimum absolute atomic E-state index is 0.221. The number of aromatic nitrogens is 1. The van der Waals surface area contributed by atoms with Crippen LogP contribution in [0.15, 0.2) is 54.6 Å². The van der Waals surface area contributed by atoms with E-state index in [1.54, 1.807) is 18.2 Å². The second-order valence-electron chi connectivity index (χ2n) is 5.97. The van der Waals surface area contributed by atoms with Crippen molar-refractivity contribution in [3.63, 3.8) is 0 Å². The van der Waals surface area contributed by atoms with Gasteiger partial charge in [-0.1, -0.05) is 48.0 Å². The lowest BCUT2D eigenvalue weighted by Crippen LogP contribution is -2.29. The number of amides is 1. The van der Waals surface area contributed by atoms with Gasteiger partial charge >= 0.3 is 5.97 Å². The molecule has 5 nitrogen and oxygen atoms in total. The van der Waals surface area contributed by atoms with Gasteiger partial charge in [0.1, 0.15) is 5.69 Å². The molecule has 1 unspecified atom stereocenters. The highest BCUT2D eigenvalue weighted by Crippen LogP contribution is 2.22. The highest BCUT2D eigenvalue weighted by Gasteiger charge is 2.18. The Kier molecular flexibility index (Phi) is 5.58. The van der Waals surface area contributed by atoms with Crippen LogP contribution in [0.4, 0.5) is 0 Å². The first kappa shape index (κ1) is 18.0. The molecule has 2 N–H and O–H groups in total. The Morgan fingerprint density at radius 3 is 2.65 bits per heavy atom. The monoisotopic (exact) mass is 370 g/mol. The third-order valence-corrected chi connectivity index (χ3v) is 4.44. The van der Waals surface area contributed by atoms with E-state index in [1.165, 1.54) is 7.11 Å². The summed E-state index contributed by atoms with van der Waals surface area (Å²) >= 11 is 5.99. The molecule has 0 aliphatic carbocycles. The number of carbonyl (C=O) groups excluding carboxylic acids is 2. The largest absolute Gasteiger partial charge is 0.469 e. The summed E-state index contributed by atoms with van der Waals surface area (Å²) in [5, 5.41) is 4.50. The lowest BCUT2D eigenvalue weighted by Gasteiger charge is -2.18. The first-order valence-electron chi connectivity index (χ1n) is 8.27. The Balaban J connectivity index is 1.80. The molecule has 0 saturated carbocycles. The van der Waals surface area contributed by atoms with E-state index in [-0.39, 0.29) is 24.3 Å². The lowest BCUT2D eigenvalue weighted by atomic mass is 10.0. The van der Waals surface area contributed by atoms with Crippen LogP contribution in [0, 0.1) is 0 Å². The Labute approximate surface area is 156 Å². The zero-order chi connectivity index (χ0) is 18.5. The number of benzene rings is 2. The van der Waals surface area contributed by atoms with Gasteiger partial charge in [0.2, 0.25) is 0 Å². The molecule has 26 heavy (non-hydrogen) atoms. The molecule has 0 radical (unpaired) electrons. The van der Waals surface area contributed by atoms with Crippen molar-refractivity contribution in [1.82, 2.24) is 10.3 Å². The van der Waals surface area contributed by atoms with Crippen LogP contribution in [0.2, 0.25) is 5.02 Å². The predicted octanol–water partition coefficient (Wildman–Crippen LogP) is 4.25. The second-order valence-corrected chi connectivity index (χ2v) is 6.40. The molecule has 0 aliphatic heterocycles. The number of halogens is 1. The fourth-order valence-electron chi connectivity index (χ4n) is 2.83. The third kappa shape index (κ3) is 4.24. The molecular formula is C20H19ClN2O3. The lowest BCUT2D eigenvalue weighted by molar-refractivity contribution is -0.140. The van der Waals surface area contributed by atoms with E-state index in [9.17, 15) is 9.59 Å². The number of rotatable bonds is 6. The number of hydrogen-bond donors (Lipinski definition) is 2. The second kappa shape index (κ2) is 8.06. The van der Waals surface area contributed by atoms with E-state index in [1.807, 2.05) is 36.4 Å². The summed E-state index contributed by atoms with van der Waals surface area (Å²) < 4.78 is 4.71. The van der Waals surface area contributed by atoms with Crippen LogP contribution in [-0.2, 0) is 9.53 Å². The number of fused-ring (bicyclic) bond motifs is 1. The van der Waals surface area contributed by atoms with Crippen molar-refractivity contribution in [2.45, 2.75) is 18.9 Å². The molecule has 3 rings (SSSR count). The van der Waals surface area contributed by atoms with Crippen molar-refractivity contribution in [2.24, 2.45) is 0 Å². The third-order valence-electron chi connectivity index (χ3n) is 4.20. The Bertz CT molecular complexity index is 921. The van der Waals surface area contributed by atoms with Crippen LogP contribution in [0.1, 0.15) is 34.9 Å². The van der Waals surface area contributed by atoms with Crippen molar-refractivity contribution in [3.8, 4) is 0 Å². The normalized spacial score (nSPS) is 11.9. The summed E-state index contributed by atoms with van der Waals surface area (Å²) in [6.07, 6.45) is 0.674. The van der Waals surface area contributed by atoms with Gasteiger partial charge in [0.25, 0.3) is 5.91 Å². The molecule has 6 heteroatoms. The minimum atomic E-state index is -0.305. The van der Waals surface area contributed by atoms with Crippen molar-refractivity contribution in [1.29, 1.82) is 0 Å². The summed E-state index contributed by atoms with van der Waals surface area (Å²) in [4.78, 5) is 27.3. The molecule has 0 saturated heterocycles. The van der Waals surface area contributed by atoms with Crippen LogP contribution in [-0.4, -0.2) is 24.0 Å². The molecule has 0 spiro atoms. The molecule has 3 aromatic rings. The van der Waals surface area contributed by atoms with E-state index < -0.39 is 0 Å².